The van der Waals surface area contributed by atoms with Crippen molar-refractivity contribution in [3.05, 3.63) is 61.8 Å². The normalized spacial score (nSPS) is 13.0. The van der Waals surface area contributed by atoms with E-state index in [9.17, 15) is 19.6 Å². The third kappa shape index (κ3) is 2.85. The molecule has 1 aromatic carbocycles. The molecule has 0 saturated heterocycles. The van der Waals surface area contributed by atoms with Gasteiger partial charge in [0.15, 0.2) is 16.9 Å². The average molecular weight is 440 g/mol. The molecule has 0 N–H and O–H groups in total. The Hall–Kier alpha value is -3.84. The Labute approximate surface area is 181 Å². The fraction of sp³-hybridized carbons (Fsp3) is 0.250. The van der Waals surface area contributed by atoms with Crippen molar-refractivity contribution in [2.45, 2.75) is 6.54 Å². The van der Waals surface area contributed by atoms with Crippen LogP contribution in [-0.4, -0.2) is 38.6 Å². The van der Waals surface area contributed by atoms with Crippen LogP contribution in [0, 0.1) is 11.3 Å². The van der Waals surface area contributed by atoms with Crippen molar-refractivity contribution >= 4 is 39.9 Å². The molecule has 0 spiro atoms. The lowest BCUT2D eigenvalue weighted by Gasteiger charge is -2.20. The summed E-state index contributed by atoms with van der Waals surface area (Å²) in [6.07, 6.45) is 0. The summed E-state index contributed by atoms with van der Waals surface area (Å²) in [4.78, 5) is 45.7. The van der Waals surface area contributed by atoms with Crippen molar-refractivity contribution in [1.29, 1.82) is 5.26 Å². The number of hydrogen-bond acceptors (Lipinski definition) is 7. The largest absolute Gasteiger partial charge is 0.332 e. The van der Waals surface area contributed by atoms with Gasteiger partial charge in [-0.1, -0.05) is 12.1 Å². The van der Waals surface area contributed by atoms with Gasteiger partial charge in [0.05, 0.1) is 17.9 Å². The summed E-state index contributed by atoms with van der Waals surface area (Å²) in [5.74, 6) is -0.115. The summed E-state index contributed by atoms with van der Waals surface area (Å²) in [7, 11) is 6.34. The Morgan fingerprint density at radius 1 is 1.06 bits per heavy atom. The van der Waals surface area contributed by atoms with Gasteiger partial charge in [0.1, 0.15) is 17.5 Å². The molecule has 0 saturated carbocycles. The Morgan fingerprint density at radius 2 is 1.65 bits per heavy atom. The van der Waals surface area contributed by atoms with Gasteiger partial charge in [0.2, 0.25) is 5.28 Å². The monoisotopic (exact) mass is 439 g/mol. The first-order valence-electron chi connectivity index (χ1n) is 9.24. The second-order valence-electron chi connectivity index (χ2n) is 7.19. The zero-order valence-corrected chi connectivity index (χ0v) is 18.0. The lowest BCUT2D eigenvalue weighted by atomic mass is 10.1. The summed E-state index contributed by atoms with van der Waals surface area (Å²) >= 11 is 6.21. The van der Waals surface area contributed by atoms with Gasteiger partial charge in [-0.15, -0.1) is 0 Å². The first-order valence-corrected chi connectivity index (χ1v) is 9.62. The van der Waals surface area contributed by atoms with Gasteiger partial charge in [-0.25, -0.2) is 4.79 Å². The maximum atomic E-state index is 13.2. The van der Waals surface area contributed by atoms with Crippen molar-refractivity contribution < 1.29 is 4.79 Å². The molecule has 158 valence electrons. The standard InChI is InChI=1S/C20H18ClN7O3/c1-24-12-7-5-6-8-13(12)25(2)17(24)11(9-22)14(29)10-28-15-16(23-19(28)21)26(3)20(31)27(4)18(15)30/h5-8H,10H2,1-4H3. The van der Waals surface area contributed by atoms with Crippen LogP contribution in [0.15, 0.2) is 45.2 Å². The van der Waals surface area contributed by atoms with Crippen molar-refractivity contribution in [3.63, 3.8) is 0 Å². The van der Waals surface area contributed by atoms with Crippen LogP contribution in [0.1, 0.15) is 0 Å². The van der Waals surface area contributed by atoms with E-state index in [1.54, 1.807) is 23.9 Å². The molecule has 0 atom stereocenters. The third-order valence-corrected chi connectivity index (χ3v) is 5.75. The number of hydrogen-bond donors (Lipinski definition) is 0. The van der Waals surface area contributed by atoms with Gasteiger partial charge >= 0.3 is 5.69 Å². The first kappa shape index (κ1) is 20.4. The van der Waals surface area contributed by atoms with E-state index >= 15 is 0 Å². The molecule has 0 unspecified atom stereocenters. The third-order valence-electron chi connectivity index (χ3n) is 5.46. The number of halogens is 1. The van der Waals surface area contributed by atoms with Gasteiger partial charge in [0.25, 0.3) is 5.56 Å². The Morgan fingerprint density at radius 3 is 2.19 bits per heavy atom. The van der Waals surface area contributed by atoms with E-state index in [1.807, 2.05) is 30.3 Å². The lowest BCUT2D eigenvalue weighted by Crippen LogP contribution is -2.37. The number of Topliss-reactive ketones (excluding diaryl/α,β-unsaturated/α-hetero) is 1. The zero-order valence-electron chi connectivity index (χ0n) is 17.2. The van der Waals surface area contributed by atoms with E-state index in [4.69, 9.17) is 11.6 Å². The topological polar surface area (TPSA) is 109 Å². The number of aromatic nitrogens is 4. The molecule has 4 rings (SSSR count). The maximum absolute atomic E-state index is 13.2. The predicted molar refractivity (Wildman–Crippen MR) is 116 cm³/mol. The molecule has 1 aliphatic heterocycles. The van der Waals surface area contributed by atoms with Gasteiger partial charge in [-0.2, -0.15) is 10.2 Å². The number of carbonyl (C=O) groups excluding carboxylic acids is 1. The quantitative estimate of drug-likeness (QED) is 0.340. The predicted octanol–water partition coefficient (Wildman–Crippen LogP) is 0.978. The molecule has 0 fully saturated rings. The van der Waals surface area contributed by atoms with E-state index in [-0.39, 0.29) is 28.6 Å². The molecular weight excluding hydrogens is 422 g/mol. The van der Waals surface area contributed by atoms with Crippen molar-refractivity contribution in [1.82, 2.24) is 18.7 Å². The Balaban J connectivity index is 1.84. The lowest BCUT2D eigenvalue weighted by molar-refractivity contribution is -0.115. The number of ketones is 1. The molecule has 31 heavy (non-hydrogen) atoms. The highest BCUT2D eigenvalue weighted by atomic mass is 35.5. The second kappa shape index (κ2) is 7.14. The fourth-order valence-corrected chi connectivity index (χ4v) is 4.07. The van der Waals surface area contributed by atoms with Gasteiger partial charge in [-0.05, 0) is 23.7 Å². The minimum absolute atomic E-state index is 0.0154. The number of fused-ring (bicyclic) bond motifs is 2. The first-order chi connectivity index (χ1) is 14.7. The van der Waals surface area contributed by atoms with Gasteiger partial charge < -0.3 is 14.4 Å². The molecular formula is C20H18ClN7O3. The van der Waals surface area contributed by atoms with Crippen LogP contribution in [0.2, 0.25) is 5.28 Å². The highest BCUT2D eigenvalue weighted by molar-refractivity contribution is 6.29. The number of aryl methyl sites for hydroxylation is 1. The SMILES string of the molecule is CN1C(=C(C#N)C(=O)Cn2c(Cl)nc3c2c(=O)n(C)c(=O)n3C)N(C)c2ccccc21. The van der Waals surface area contributed by atoms with Crippen LogP contribution < -0.4 is 21.0 Å². The van der Waals surface area contributed by atoms with Crippen LogP contribution in [0.25, 0.3) is 11.2 Å². The molecule has 10 nitrogen and oxygen atoms in total. The van der Waals surface area contributed by atoms with E-state index in [2.05, 4.69) is 4.98 Å². The Bertz CT molecular complexity index is 1420. The van der Waals surface area contributed by atoms with Crippen LogP contribution in [0.4, 0.5) is 11.4 Å². The maximum Gasteiger partial charge on any atom is 0.332 e. The molecule has 3 heterocycles. The van der Waals surface area contributed by atoms with Crippen molar-refractivity contribution in [3.8, 4) is 6.07 Å². The number of allylic oxidation sites excluding steroid dienone is 1. The molecule has 0 aliphatic carbocycles. The van der Waals surface area contributed by atoms with Crippen LogP contribution >= 0.6 is 11.6 Å². The number of imidazole rings is 1. The smallest absolute Gasteiger partial charge is 0.328 e. The molecule has 1 aliphatic rings. The minimum atomic E-state index is -0.626. The molecule has 0 amide bonds. The molecule has 0 radical (unpaired) electrons. The highest BCUT2D eigenvalue weighted by Crippen LogP contribution is 2.40. The number of nitriles is 1. The number of benzene rings is 1. The number of rotatable bonds is 3. The second-order valence-corrected chi connectivity index (χ2v) is 7.52. The highest BCUT2D eigenvalue weighted by Gasteiger charge is 2.32. The Kier molecular flexibility index (Phi) is 4.71. The van der Waals surface area contributed by atoms with Crippen molar-refractivity contribution in [2.75, 3.05) is 23.9 Å². The zero-order chi connectivity index (χ0) is 22.6. The summed E-state index contributed by atoms with van der Waals surface area (Å²) in [6.45, 7) is -0.382. The summed E-state index contributed by atoms with van der Waals surface area (Å²) in [5.41, 5.74) is 0.531. The summed E-state index contributed by atoms with van der Waals surface area (Å²) < 4.78 is 3.32. The van der Waals surface area contributed by atoms with E-state index < -0.39 is 17.0 Å². The van der Waals surface area contributed by atoms with E-state index in [0.717, 1.165) is 15.9 Å². The van der Waals surface area contributed by atoms with Gasteiger partial charge in [-0.3, -0.25) is 18.7 Å². The average Bonchev–Trinajstić information content (AvgIpc) is 3.21. The number of anilines is 2. The number of para-hydroxylation sites is 2. The van der Waals surface area contributed by atoms with Crippen LogP contribution in [0.5, 0.6) is 0 Å². The fourth-order valence-electron chi connectivity index (χ4n) is 3.84. The summed E-state index contributed by atoms with van der Waals surface area (Å²) in [5, 5.41) is 9.69. The van der Waals surface area contributed by atoms with Crippen LogP contribution in [0.3, 0.4) is 0 Å². The number of carbonyl (C=O) groups is 1. The van der Waals surface area contributed by atoms with Crippen LogP contribution in [-0.2, 0) is 25.4 Å². The minimum Gasteiger partial charge on any atom is -0.328 e. The van der Waals surface area contributed by atoms with Crippen molar-refractivity contribution in [2.24, 2.45) is 14.1 Å². The molecule has 11 heteroatoms. The molecule has 2 aromatic heterocycles. The number of nitrogens with zero attached hydrogens (tertiary/aromatic N) is 7. The summed E-state index contributed by atoms with van der Waals surface area (Å²) in [6, 6.07) is 9.53. The van der Waals surface area contributed by atoms with E-state index in [0.29, 0.717) is 5.82 Å². The van der Waals surface area contributed by atoms with E-state index in [1.165, 1.54) is 23.2 Å². The molecule has 0 bridgehead atoms. The molecule has 3 aromatic rings. The van der Waals surface area contributed by atoms with Gasteiger partial charge in [0, 0.05) is 28.2 Å².